The molecular formula is C40H43N5O6S. The van der Waals surface area contributed by atoms with Crippen LogP contribution in [-0.2, 0) is 22.0 Å². The van der Waals surface area contributed by atoms with Gasteiger partial charge in [0, 0.05) is 35.7 Å². The molecule has 4 saturated carbocycles. The second-order valence-electron chi connectivity index (χ2n) is 15.2. The van der Waals surface area contributed by atoms with Crippen molar-refractivity contribution in [2.24, 2.45) is 17.8 Å². The molecule has 0 amide bonds. The lowest BCUT2D eigenvalue weighted by atomic mass is 9.81. The van der Waals surface area contributed by atoms with Crippen LogP contribution < -0.4 is 14.8 Å². The molecule has 2 atom stereocenters. The molecule has 9 rings (SSSR count). The van der Waals surface area contributed by atoms with Gasteiger partial charge in [0.1, 0.15) is 17.9 Å². The van der Waals surface area contributed by atoms with Crippen LogP contribution in [0.15, 0.2) is 76.0 Å². The third-order valence-electron chi connectivity index (χ3n) is 11.2. The van der Waals surface area contributed by atoms with Crippen molar-refractivity contribution in [1.82, 2.24) is 20.3 Å². The monoisotopic (exact) mass is 721 g/mol. The van der Waals surface area contributed by atoms with E-state index in [-0.39, 0.29) is 33.7 Å². The standard InChI is InChI=1S/C40H43N5O6S/c1-23-6-4-7-24(2)37(23)33-20-36(44-39(43-33)45-52(48,49)31-9-5-8-26(18-31)38(46)47)50-22-30(17-28-16-25-14-27(28)15-25)41-21-29-10-11-34-32(42-29)19-35(51-34)40(3)12-13-40/h4-11,18-20,25,27-28,30,41H,12-17,21-22H2,1-3H3,(H,46,47)(H,43,44,45)/t25?,27?,28?,30-/m1/s1. The average Bonchev–Trinajstić information content (AvgIpc) is 3.39. The first-order valence-electron chi connectivity index (χ1n) is 18.0. The Morgan fingerprint density at radius 1 is 1.00 bits per heavy atom. The van der Waals surface area contributed by atoms with Crippen LogP contribution in [0.25, 0.3) is 22.4 Å². The number of furan rings is 1. The third-order valence-corrected chi connectivity index (χ3v) is 12.6. The lowest BCUT2D eigenvalue weighted by molar-refractivity contribution is 0.0696. The zero-order chi connectivity index (χ0) is 36.2. The number of sulfonamides is 1. The molecule has 2 aromatic carbocycles. The van der Waals surface area contributed by atoms with E-state index in [1.807, 2.05) is 44.2 Å². The fraction of sp³-hybridized carbons (Fsp3) is 0.400. The number of aromatic carboxylic acids is 1. The van der Waals surface area contributed by atoms with Crippen molar-refractivity contribution in [3.05, 3.63) is 94.9 Å². The summed E-state index contributed by atoms with van der Waals surface area (Å²) in [7, 11) is -4.23. The van der Waals surface area contributed by atoms with Gasteiger partial charge >= 0.3 is 5.97 Å². The van der Waals surface area contributed by atoms with Crippen LogP contribution in [0.5, 0.6) is 5.88 Å². The smallest absolute Gasteiger partial charge is 0.335 e. The summed E-state index contributed by atoms with van der Waals surface area (Å²) in [4.78, 5) is 25.4. The quantitative estimate of drug-likeness (QED) is 0.105. The number of nitrogens with one attached hydrogen (secondary N) is 2. The van der Waals surface area contributed by atoms with E-state index in [4.69, 9.17) is 14.1 Å². The van der Waals surface area contributed by atoms with Gasteiger partial charge in [-0.1, -0.05) is 31.2 Å². The topological polar surface area (TPSA) is 157 Å². The van der Waals surface area contributed by atoms with E-state index >= 15 is 0 Å². The molecule has 12 heteroatoms. The molecule has 0 radical (unpaired) electrons. The summed E-state index contributed by atoms with van der Waals surface area (Å²) < 4.78 is 42.0. The maximum absolute atomic E-state index is 13.5. The fourth-order valence-corrected chi connectivity index (χ4v) is 8.94. The van der Waals surface area contributed by atoms with Crippen LogP contribution in [0.4, 0.5) is 5.95 Å². The van der Waals surface area contributed by atoms with E-state index in [2.05, 4.69) is 33.0 Å². The first-order chi connectivity index (χ1) is 24.9. The Kier molecular flexibility index (Phi) is 8.77. The van der Waals surface area contributed by atoms with Gasteiger partial charge in [-0.15, -0.1) is 0 Å². The molecular weight excluding hydrogens is 679 g/mol. The minimum absolute atomic E-state index is 0.00959. The maximum atomic E-state index is 13.5. The molecule has 52 heavy (non-hydrogen) atoms. The summed E-state index contributed by atoms with van der Waals surface area (Å²) in [5, 5.41) is 13.2. The number of aromatic nitrogens is 3. The predicted octanol–water partition coefficient (Wildman–Crippen LogP) is 7.43. The zero-order valence-corrected chi connectivity index (χ0v) is 30.4. The van der Waals surface area contributed by atoms with Gasteiger partial charge in [-0.2, -0.15) is 4.98 Å². The normalized spacial score (nSPS) is 20.7. The molecule has 5 aromatic rings. The van der Waals surface area contributed by atoms with Crippen molar-refractivity contribution >= 4 is 33.0 Å². The van der Waals surface area contributed by atoms with Crippen molar-refractivity contribution in [2.75, 3.05) is 11.3 Å². The number of aryl methyl sites for hydroxylation is 2. The van der Waals surface area contributed by atoms with Gasteiger partial charge < -0.3 is 19.6 Å². The number of pyridine rings is 1. The summed E-state index contributed by atoms with van der Waals surface area (Å²) in [6.07, 6.45) is 7.08. The van der Waals surface area contributed by atoms with E-state index in [1.54, 1.807) is 6.07 Å². The predicted molar refractivity (Wildman–Crippen MR) is 197 cm³/mol. The number of carboxylic acids is 1. The molecule has 1 unspecified atom stereocenters. The van der Waals surface area contributed by atoms with Crippen molar-refractivity contribution in [2.45, 2.75) is 82.2 Å². The van der Waals surface area contributed by atoms with Crippen molar-refractivity contribution in [3.8, 4) is 17.1 Å². The second-order valence-corrected chi connectivity index (χ2v) is 16.9. The molecule has 3 aromatic heterocycles. The van der Waals surface area contributed by atoms with E-state index < -0.39 is 16.0 Å². The number of benzene rings is 2. The van der Waals surface area contributed by atoms with E-state index in [9.17, 15) is 18.3 Å². The lowest BCUT2D eigenvalue weighted by Crippen LogP contribution is -2.37. The Morgan fingerprint density at radius 2 is 1.77 bits per heavy atom. The fourth-order valence-electron chi connectivity index (χ4n) is 7.95. The van der Waals surface area contributed by atoms with Crippen molar-refractivity contribution in [3.63, 3.8) is 0 Å². The Hall–Kier alpha value is -4.81. The number of anilines is 1. The molecule has 3 heterocycles. The van der Waals surface area contributed by atoms with E-state index in [0.717, 1.165) is 76.4 Å². The minimum Gasteiger partial charge on any atom is -0.478 e. The minimum atomic E-state index is -4.23. The molecule has 11 nitrogen and oxygen atoms in total. The Balaban J connectivity index is 1.05. The molecule has 4 fully saturated rings. The summed E-state index contributed by atoms with van der Waals surface area (Å²) in [6, 6.07) is 18.9. The molecule has 0 aliphatic heterocycles. The van der Waals surface area contributed by atoms with Crippen LogP contribution in [0.1, 0.15) is 78.4 Å². The highest BCUT2D eigenvalue weighted by molar-refractivity contribution is 7.92. The highest BCUT2D eigenvalue weighted by atomic mass is 32.2. The number of carbonyl (C=O) groups is 1. The van der Waals surface area contributed by atoms with Gasteiger partial charge in [-0.05, 0) is 112 Å². The van der Waals surface area contributed by atoms with Crippen LogP contribution >= 0.6 is 0 Å². The lowest BCUT2D eigenvalue weighted by Gasteiger charge is -2.27. The van der Waals surface area contributed by atoms with Crippen LogP contribution in [0.3, 0.4) is 0 Å². The molecule has 270 valence electrons. The highest BCUT2D eigenvalue weighted by Crippen LogP contribution is 2.54. The number of carboxylic acid groups (broad SMARTS) is 1. The number of ether oxygens (including phenoxy) is 1. The van der Waals surface area contributed by atoms with Gasteiger partial charge in [0.05, 0.1) is 21.8 Å². The molecule has 4 aliphatic rings. The molecule has 4 aliphatic carbocycles. The van der Waals surface area contributed by atoms with Crippen LogP contribution in [0.2, 0.25) is 0 Å². The van der Waals surface area contributed by atoms with Gasteiger partial charge in [0.25, 0.3) is 10.0 Å². The third kappa shape index (κ3) is 7.01. The van der Waals surface area contributed by atoms with Crippen LogP contribution in [0, 0.1) is 31.6 Å². The number of fused-ring (bicyclic) bond motifs is 2. The summed E-state index contributed by atoms with van der Waals surface area (Å²) in [5.41, 5.74) is 5.88. The Bertz CT molecular complexity index is 2260. The highest BCUT2D eigenvalue weighted by Gasteiger charge is 2.45. The first kappa shape index (κ1) is 34.3. The summed E-state index contributed by atoms with van der Waals surface area (Å²) in [5.74, 6) is 2.04. The average molecular weight is 722 g/mol. The van der Waals surface area contributed by atoms with Gasteiger partial charge in [0.15, 0.2) is 5.58 Å². The first-order valence-corrected chi connectivity index (χ1v) is 19.5. The Morgan fingerprint density at radius 3 is 2.48 bits per heavy atom. The van der Waals surface area contributed by atoms with Crippen molar-refractivity contribution < 1.29 is 27.5 Å². The second kappa shape index (κ2) is 13.3. The molecule has 3 N–H and O–H groups in total. The number of rotatable bonds is 14. The SMILES string of the molecule is Cc1cccc(C)c1-c1cc(OC[C@@H](CC2CC3CC2C3)NCc2ccc3oc(C4(C)CC4)cc3n2)nc(NS(=O)(=O)c2cccc(C(=O)O)c2)n1. The van der Waals surface area contributed by atoms with E-state index in [0.29, 0.717) is 24.8 Å². The molecule has 0 spiro atoms. The zero-order valence-electron chi connectivity index (χ0n) is 29.6. The number of hydrogen-bond acceptors (Lipinski definition) is 9. The van der Waals surface area contributed by atoms with Crippen LogP contribution in [-0.4, -0.2) is 47.1 Å². The molecule has 2 bridgehead atoms. The van der Waals surface area contributed by atoms with Gasteiger partial charge in [-0.3, -0.25) is 0 Å². The summed E-state index contributed by atoms with van der Waals surface area (Å²) in [6.45, 7) is 7.04. The summed E-state index contributed by atoms with van der Waals surface area (Å²) >= 11 is 0. The largest absolute Gasteiger partial charge is 0.478 e. The Labute approximate surface area is 303 Å². The van der Waals surface area contributed by atoms with Gasteiger partial charge in [0.2, 0.25) is 11.8 Å². The number of hydrogen-bond donors (Lipinski definition) is 3. The van der Waals surface area contributed by atoms with E-state index in [1.165, 1.54) is 37.5 Å². The van der Waals surface area contributed by atoms with Gasteiger partial charge in [-0.25, -0.2) is 27.9 Å². The molecule has 0 saturated heterocycles. The maximum Gasteiger partial charge on any atom is 0.335 e. The van der Waals surface area contributed by atoms with Crippen molar-refractivity contribution in [1.29, 1.82) is 0 Å². The number of nitrogens with zero attached hydrogens (tertiary/aromatic N) is 3.